The van der Waals surface area contributed by atoms with E-state index in [9.17, 15) is 22.9 Å². The molecule has 0 saturated heterocycles. The Balaban J connectivity index is 1.81. The van der Waals surface area contributed by atoms with Crippen molar-refractivity contribution < 1.29 is 52.1 Å². The number of rotatable bonds is 12. The summed E-state index contributed by atoms with van der Waals surface area (Å²) in [6.45, 7) is 0. The van der Waals surface area contributed by atoms with Crippen molar-refractivity contribution in [2.75, 3.05) is 20.0 Å². The summed E-state index contributed by atoms with van der Waals surface area (Å²) in [4.78, 5) is 14.7. The van der Waals surface area contributed by atoms with Crippen LogP contribution in [-0.4, -0.2) is 55.0 Å². The molecule has 0 aliphatic rings. The lowest BCUT2D eigenvalue weighted by Gasteiger charge is -2.12. The van der Waals surface area contributed by atoms with Crippen LogP contribution in [0.4, 0.5) is 34.1 Å². The summed E-state index contributed by atoms with van der Waals surface area (Å²) in [5.41, 5.74) is 6.20. The standard InChI is InChI=1S/C26H22N6O11S2/c1-40-12-28-18-10-20(21(41-2)11-19(18)30-29-15-5-3-13(4-6-15)26(34)35)31-32-24-22(44-43-42-36)7-14-8-23(45(37,38)39)17(27)9-16(14)25(24)33/h3-12,33,36H,27H2,1-2H3,(H,34,35)(H,37,38,39). The number of nitrogens with two attached hydrogens (primary N) is 1. The Labute approximate surface area is 258 Å². The second-order valence-electron chi connectivity index (χ2n) is 8.62. The summed E-state index contributed by atoms with van der Waals surface area (Å²) in [6.07, 6.45) is 1.13. The van der Waals surface area contributed by atoms with E-state index in [4.69, 9.17) is 25.6 Å². The SMILES string of the molecule is COC=Nc1cc(N=Nc2c(SOOO)cc3cc(S(=O)(=O)O)c(N)cc3c2O)c(OC)cc1N=Nc1ccc(C(=O)O)cc1. The first-order valence-corrected chi connectivity index (χ1v) is 14.3. The number of phenolic OH excluding ortho intramolecular Hbond substituents is 1. The molecule has 0 aliphatic carbocycles. The van der Waals surface area contributed by atoms with Crippen LogP contribution in [0.2, 0.25) is 0 Å². The van der Waals surface area contributed by atoms with E-state index in [2.05, 4.69) is 34.8 Å². The largest absolute Gasteiger partial charge is 0.505 e. The van der Waals surface area contributed by atoms with E-state index >= 15 is 0 Å². The molecule has 0 spiro atoms. The van der Waals surface area contributed by atoms with Crippen molar-refractivity contribution in [3.63, 3.8) is 0 Å². The van der Waals surface area contributed by atoms with Crippen LogP contribution >= 0.6 is 12.0 Å². The number of nitrogens with zero attached hydrogens (tertiary/aromatic N) is 5. The normalized spacial score (nSPS) is 12.1. The van der Waals surface area contributed by atoms with E-state index in [1.165, 1.54) is 56.7 Å². The Morgan fingerprint density at radius 2 is 1.67 bits per heavy atom. The van der Waals surface area contributed by atoms with Crippen molar-refractivity contribution in [2.24, 2.45) is 25.4 Å². The minimum absolute atomic E-state index is 0.000194. The number of fused-ring (bicyclic) bond motifs is 1. The lowest BCUT2D eigenvalue weighted by Crippen LogP contribution is -2.03. The smallest absolute Gasteiger partial charge is 0.335 e. The number of azo groups is 2. The molecule has 234 valence electrons. The van der Waals surface area contributed by atoms with Gasteiger partial charge in [0.1, 0.15) is 27.7 Å². The molecule has 0 amide bonds. The molecule has 4 rings (SSSR count). The number of anilines is 1. The number of ether oxygens (including phenoxy) is 2. The zero-order valence-electron chi connectivity index (χ0n) is 23.1. The van der Waals surface area contributed by atoms with Crippen molar-refractivity contribution in [1.82, 2.24) is 0 Å². The molecule has 4 aromatic carbocycles. The highest BCUT2D eigenvalue weighted by Gasteiger charge is 2.21. The fraction of sp³-hybridized carbons (Fsp3) is 0.0769. The van der Waals surface area contributed by atoms with Crippen molar-refractivity contribution in [2.45, 2.75) is 9.79 Å². The maximum absolute atomic E-state index is 11.7. The molecular formula is C26H22N6O11S2. The molecule has 4 aromatic rings. The van der Waals surface area contributed by atoms with E-state index in [1.807, 2.05) is 0 Å². The van der Waals surface area contributed by atoms with Gasteiger partial charge in [-0.05, 0) is 53.9 Å². The zero-order chi connectivity index (χ0) is 32.7. The van der Waals surface area contributed by atoms with E-state index in [1.54, 1.807) is 0 Å². The number of benzene rings is 4. The molecule has 45 heavy (non-hydrogen) atoms. The second-order valence-corrected chi connectivity index (χ2v) is 10.8. The Hall–Kier alpha value is -5.18. The van der Waals surface area contributed by atoms with Crippen LogP contribution < -0.4 is 10.5 Å². The van der Waals surface area contributed by atoms with Gasteiger partial charge in [0.05, 0.1) is 53.8 Å². The maximum atomic E-state index is 11.7. The number of hydrogen-bond acceptors (Lipinski definition) is 16. The maximum Gasteiger partial charge on any atom is 0.335 e. The van der Waals surface area contributed by atoms with Gasteiger partial charge >= 0.3 is 5.97 Å². The highest BCUT2D eigenvalue weighted by molar-refractivity contribution is 7.94. The minimum atomic E-state index is -4.69. The number of aromatic hydroxyl groups is 1. The van der Waals surface area contributed by atoms with Crippen molar-refractivity contribution in [3.05, 3.63) is 60.2 Å². The minimum Gasteiger partial charge on any atom is -0.505 e. The number of nitrogen functional groups attached to an aromatic ring is 1. The van der Waals surface area contributed by atoms with Crippen LogP contribution in [0.1, 0.15) is 10.4 Å². The average molecular weight is 659 g/mol. The lowest BCUT2D eigenvalue weighted by molar-refractivity contribution is -0.432. The Morgan fingerprint density at radius 1 is 0.956 bits per heavy atom. The van der Waals surface area contributed by atoms with E-state index < -0.39 is 26.7 Å². The molecular weight excluding hydrogens is 636 g/mol. The van der Waals surface area contributed by atoms with Crippen molar-refractivity contribution in [1.29, 1.82) is 0 Å². The van der Waals surface area contributed by atoms with Gasteiger partial charge in [-0.3, -0.25) is 4.55 Å². The predicted octanol–water partition coefficient (Wildman–Crippen LogP) is 6.65. The number of carbonyl (C=O) groups is 1. The van der Waals surface area contributed by atoms with Gasteiger partial charge in [-0.15, -0.1) is 19.7 Å². The van der Waals surface area contributed by atoms with Crippen LogP contribution in [0.3, 0.4) is 0 Å². The van der Waals surface area contributed by atoms with E-state index in [0.717, 1.165) is 18.5 Å². The van der Waals surface area contributed by atoms with Gasteiger partial charge in [0, 0.05) is 11.5 Å². The van der Waals surface area contributed by atoms with Gasteiger partial charge in [-0.1, -0.05) is 5.04 Å². The van der Waals surface area contributed by atoms with Crippen LogP contribution in [0.5, 0.6) is 11.5 Å². The summed E-state index contributed by atoms with van der Waals surface area (Å²) in [5.74, 6) is -1.45. The van der Waals surface area contributed by atoms with Crippen LogP contribution in [-0.2, 0) is 24.2 Å². The number of carboxylic acids is 1. The Bertz CT molecular complexity index is 1950. The van der Waals surface area contributed by atoms with E-state index in [0.29, 0.717) is 17.7 Å². The third-order valence-corrected chi connectivity index (χ3v) is 7.36. The average Bonchev–Trinajstić information content (AvgIpc) is 3.01. The molecule has 19 heteroatoms. The summed E-state index contributed by atoms with van der Waals surface area (Å²) in [7, 11) is -1.96. The number of carboxylic acid groups (broad SMARTS) is 1. The van der Waals surface area contributed by atoms with Gasteiger partial charge in [0.2, 0.25) is 0 Å². The molecule has 0 aliphatic heterocycles. The number of phenols is 1. The molecule has 0 aromatic heterocycles. The zero-order valence-corrected chi connectivity index (χ0v) is 24.7. The fourth-order valence-corrected chi connectivity index (χ4v) is 4.92. The molecule has 0 heterocycles. The predicted molar refractivity (Wildman–Crippen MR) is 160 cm³/mol. The van der Waals surface area contributed by atoms with Crippen LogP contribution in [0, 0.1) is 0 Å². The van der Waals surface area contributed by atoms with Gasteiger partial charge in [0.25, 0.3) is 10.1 Å². The summed E-state index contributed by atoms with van der Waals surface area (Å²) < 4.78 is 47.8. The molecule has 0 bridgehead atoms. The van der Waals surface area contributed by atoms with Crippen molar-refractivity contribution >= 4 is 79.4 Å². The van der Waals surface area contributed by atoms with Gasteiger partial charge in [-0.2, -0.15) is 13.5 Å². The summed E-state index contributed by atoms with van der Waals surface area (Å²) in [5, 5.41) is 49.2. The van der Waals surface area contributed by atoms with Crippen LogP contribution in [0.15, 0.2) is 89.8 Å². The van der Waals surface area contributed by atoms with Gasteiger partial charge in [-0.25, -0.2) is 15.0 Å². The number of aliphatic imine (C=N–C) groups is 1. The quantitative estimate of drug-likeness (QED) is 0.0156. The molecule has 0 saturated carbocycles. The molecule has 0 radical (unpaired) electrons. The third-order valence-electron chi connectivity index (χ3n) is 5.83. The molecule has 6 N–H and O–H groups in total. The molecule has 0 fully saturated rings. The number of hydrogen-bond donors (Lipinski definition) is 5. The first-order chi connectivity index (χ1) is 21.5. The highest BCUT2D eigenvalue weighted by Crippen LogP contribution is 2.47. The first-order valence-electron chi connectivity index (χ1n) is 12.1. The monoisotopic (exact) mass is 658 g/mol. The van der Waals surface area contributed by atoms with Crippen molar-refractivity contribution in [3.8, 4) is 11.5 Å². The topological polar surface area (TPSA) is 257 Å². The first kappa shape index (κ1) is 32.7. The fourth-order valence-electron chi connectivity index (χ4n) is 3.79. The van der Waals surface area contributed by atoms with Crippen LogP contribution in [0.25, 0.3) is 10.8 Å². The molecule has 0 unspecified atom stereocenters. The van der Waals surface area contributed by atoms with Gasteiger partial charge in [0.15, 0.2) is 12.2 Å². The van der Waals surface area contributed by atoms with E-state index in [-0.39, 0.29) is 55.4 Å². The summed E-state index contributed by atoms with van der Waals surface area (Å²) in [6, 6.07) is 12.0. The third kappa shape index (κ3) is 7.67. The lowest BCUT2D eigenvalue weighted by atomic mass is 10.1. The highest BCUT2D eigenvalue weighted by atomic mass is 32.2. The Kier molecular flexibility index (Phi) is 10.2. The second kappa shape index (κ2) is 14.1. The number of aromatic carboxylic acids is 1. The summed E-state index contributed by atoms with van der Waals surface area (Å²) >= 11 is 0.402. The van der Waals surface area contributed by atoms with Gasteiger partial charge < -0.3 is 25.4 Å². The molecule has 17 nitrogen and oxygen atoms in total. The number of methoxy groups -OCH3 is 2. The molecule has 0 atom stereocenters. The Morgan fingerprint density at radius 3 is 2.29 bits per heavy atom.